The first-order valence-electron chi connectivity index (χ1n) is 12.6. The molecular formula is C29H33N3O7S. The molecule has 212 valence electrons. The highest BCUT2D eigenvalue weighted by molar-refractivity contribution is 7.93. The fourth-order valence-electron chi connectivity index (χ4n) is 4.51. The van der Waals surface area contributed by atoms with Crippen molar-refractivity contribution in [3.05, 3.63) is 66.2 Å². The highest BCUT2D eigenvalue weighted by atomic mass is 32.2. The van der Waals surface area contributed by atoms with Gasteiger partial charge in [0.2, 0.25) is 11.7 Å². The number of nitrogens with one attached hydrogen (secondary N) is 2. The number of nitrogens with zero attached hydrogens (tertiary/aromatic N) is 1. The molecule has 0 aromatic heterocycles. The monoisotopic (exact) mass is 567 g/mol. The highest BCUT2D eigenvalue weighted by Gasteiger charge is 2.25. The molecule has 10 nitrogen and oxygen atoms in total. The second kappa shape index (κ2) is 12.6. The summed E-state index contributed by atoms with van der Waals surface area (Å²) in [5, 5.41) is 2.76. The molecule has 1 heterocycles. The lowest BCUT2D eigenvalue weighted by Gasteiger charge is -2.22. The molecule has 40 heavy (non-hydrogen) atoms. The van der Waals surface area contributed by atoms with E-state index in [0.717, 1.165) is 25.9 Å². The van der Waals surface area contributed by atoms with Crippen molar-refractivity contribution < 1.29 is 32.2 Å². The molecule has 2 N–H and O–H groups in total. The van der Waals surface area contributed by atoms with E-state index in [1.165, 1.54) is 40.6 Å². The van der Waals surface area contributed by atoms with E-state index in [0.29, 0.717) is 45.6 Å². The van der Waals surface area contributed by atoms with Gasteiger partial charge in [0.05, 0.1) is 39.8 Å². The summed E-state index contributed by atoms with van der Waals surface area (Å²) >= 11 is 0. The number of sulfonamides is 1. The Labute approximate surface area is 234 Å². The predicted octanol–water partition coefficient (Wildman–Crippen LogP) is 4.77. The third kappa shape index (κ3) is 6.42. The molecule has 3 aromatic carbocycles. The van der Waals surface area contributed by atoms with Crippen LogP contribution in [0.3, 0.4) is 0 Å². The molecule has 0 unspecified atom stereocenters. The van der Waals surface area contributed by atoms with E-state index < -0.39 is 15.9 Å². The van der Waals surface area contributed by atoms with Gasteiger partial charge in [0.15, 0.2) is 11.5 Å². The van der Waals surface area contributed by atoms with E-state index in [2.05, 4.69) is 10.0 Å². The summed E-state index contributed by atoms with van der Waals surface area (Å²) < 4.78 is 51.2. The van der Waals surface area contributed by atoms with Crippen molar-refractivity contribution >= 4 is 39.1 Å². The Morgan fingerprint density at radius 1 is 0.850 bits per heavy atom. The largest absolute Gasteiger partial charge is 0.495 e. The summed E-state index contributed by atoms with van der Waals surface area (Å²) in [6, 6.07) is 15.1. The molecule has 0 bridgehead atoms. The lowest BCUT2D eigenvalue weighted by atomic mass is 10.1. The van der Waals surface area contributed by atoms with Gasteiger partial charge in [-0.15, -0.1) is 0 Å². The van der Waals surface area contributed by atoms with Gasteiger partial charge >= 0.3 is 0 Å². The first kappa shape index (κ1) is 28.6. The maximum atomic E-state index is 13.6. The number of ether oxygens (including phenoxy) is 4. The standard InChI is InChI=1S/C29H33N3O7S/c1-36-24-10-6-5-9-22(24)31-40(34,35)27-19-21(12-13-23(27)32-15-7-8-16-32)30-28(33)14-11-20-17-25(37-2)29(39-4)26(18-20)38-3/h5-6,9-14,17-19,31H,7-8,15-16H2,1-4H3,(H,30,33). The van der Waals surface area contributed by atoms with Gasteiger partial charge < -0.3 is 29.2 Å². The number of benzene rings is 3. The van der Waals surface area contributed by atoms with Gasteiger partial charge in [0, 0.05) is 24.9 Å². The van der Waals surface area contributed by atoms with E-state index in [9.17, 15) is 13.2 Å². The van der Waals surface area contributed by atoms with Crippen LogP contribution in [0.15, 0.2) is 65.6 Å². The zero-order chi connectivity index (χ0) is 28.7. The zero-order valence-corrected chi connectivity index (χ0v) is 23.7. The van der Waals surface area contributed by atoms with Crippen molar-refractivity contribution in [2.75, 3.05) is 56.5 Å². The van der Waals surface area contributed by atoms with Crippen LogP contribution in [0.5, 0.6) is 23.0 Å². The quantitative estimate of drug-likeness (QED) is 0.318. The zero-order valence-electron chi connectivity index (χ0n) is 22.9. The summed E-state index contributed by atoms with van der Waals surface area (Å²) in [7, 11) is 1.98. The molecule has 0 radical (unpaired) electrons. The fraction of sp³-hybridized carbons (Fsp3) is 0.276. The normalized spacial score (nSPS) is 13.2. The van der Waals surface area contributed by atoms with Crippen molar-refractivity contribution in [3.8, 4) is 23.0 Å². The van der Waals surface area contributed by atoms with Crippen molar-refractivity contribution in [2.24, 2.45) is 0 Å². The lowest BCUT2D eigenvalue weighted by molar-refractivity contribution is -0.111. The Morgan fingerprint density at radius 3 is 2.12 bits per heavy atom. The molecule has 0 aliphatic carbocycles. The number of hydrogen-bond acceptors (Lipinski definition) is 8. The van der Waals surface area contributed by atoms with E-state index in [1.54, 1.807) is 54.6 Å². The summed E-state index contributed by atoms with van der Waals surface area (Å²) in [6.07, 6.45) is 4.89. The number of para-hydroxylation sites is 2. The number of anilines is 3. The average molecular weight is 568 g/mol. The molecule has 1 fully saturated rings. The molecule has 11 heteroatoms. The minimum absolute atomic E-state index is 0.0618. The molecule has 0 spiro atoms. The van der Waals surface area contributed by atoms with Crippen molar-refractivity contribution in [2.45, 2.75) is 17.7 Å². The molecule has 0 atom stereocenters. The summed E-state index contributed by atoms with van der Waals surface area (Å²) in [4.78, 5) is 14.9. The van der Waals surface area contributed by atoms with Gasteiger partial charge in [-0.1, -0.05) is 12.1 Å². The van der Waals surface area contributed by atoms with E-state index >= 15 is 0 Å². The van der Waals surface area contributed by atoms with Crippen molar-refractivity contribution in [3.63, 3.8) is 0 Å². The van der Waals surface area contributed by atoms with Crippen molar-refractivity contribution in [1.82, 2.24) is 0 Å². The van der Waals surface area contributed by atoms with Gasteiger partial charge in [-0.2, -0.15) is 0 Å². The van der Waals surface area contributed by atoms with E-state index in [1.807, 2.05) is 4.90 Å². The SMILES string of the molecule is COc1ccccc1NS(=O)(=O)c1cc(NC(=O)C=Cc2cc(OC)c(OC)c(OC)c2)ccc1N1CCCC1. The lowest BCUT2D eigenvalue weighted by Crippen LogP contribution is -2.23. The molecule has 0 saturated carbocycles. The topological polar surface area (TPSA) is 115 Å². The van der Waals surface area contributed by atoms with Crippen LogP contribution in [0.25, 0.3) is 6.08 Å². The second-order valence-electron chi connectivity index (χ2n) is 8.96. The van der Waals surface area contributed by atoms with Crippen LogP contribution in [0, 0.1) is 0 Å². The van der Waals surface area contributed by atoms with Crippen LogP contribution in [-0.2, 0) is 14.8 Å². The molecule has 4 rings (SSSR count). The first-order chi connectivity index (χ1) is 19.3. The van der Waals surface area contributed by atoms with Crippen LogP contribution < -0.4 is 33.9 Å². The first-order valence-corrected chi connectivity index (χ1v) is 14.1. The van der Waals surface area contributed by atoms with Gasteiger partial charge in [-0.3, -0.25) is 9.52 Å². The fourth-order valence-corrected chi connectivity index (χ4v) is 5.83. The van der Waals surface area contributed by atoms with Crippen molar-refractivity contribution in [1.29, 1.82) is 0 Å². The highest BCUT2D eigenvalue weighted by Crippen LogP contribution is 2.38. The third-order valence-corrected chi connectivity index (χ3v) is 7.82. The molecule has 1 saturated heterocycles. The summed E-state index contributed by atoms with van der Waals surface area (Å²) in [5.74, 6) is 1.31. The van der Waals surface area contributed by atoms with Gasteiger partial charge in [-0.05, 0) is 66.9 Å². The predicted molar refractivity (Wildman–Crippen MR) is 155 cm³/mol. The Bertz CT molecular complexity index is 1470. The molecule has 1 amide bonds. The van der Waals surface area contributed by atoms with Gasteiger partial charge in [-0.25, -0.2) is 8.42 Å². The van der Waals surface area contributed by atoms with E-state index in [-0.39, 0.29) is 4.90 Å². The maximum Gasteiger partial charge on any atom is 0.264 e. The molecule has 3 aromatic rings. The van der Waals surface area contributed by atoms with Crippen LogP contribution in [0.1, 0.15) is 18.4 Å². The second-order valence-corrected chi connectivity index (χ2v) is 10.6. The van der Waals surface area contributed by atoms with Crippen LogP contribution in [0.2, 0.25) is 0 Å². The summed E-state index contributed by atoms with van der Waals surface area (Å²) in [6.45, 7) is 1.50. The molecule has 1 aliphatic heterocycles. The van der Waals surface area contributed by atoms with Crippen LogP contribution in [-0.4, -0.2) is 55.9 Å². The number of rotatable bonds is 11. The minimum Gasteiger partial charge on any atom is -0.495 e. The number of carbonyl (C=O) groups excluding carboxylic acids is 1. The number of methoxy groups -OCH3 is 4. The summed E-state index contributed by atoms with van der Waals surface area (Å²) in [5.41, 5.74) is 1.88. The van der Waals surface area contributed by atoms with Crippen LogP contribution >= 0.6 is 0 Å². The number of hydrogen-bond donors (Lipinski definition) is 2. The Morgan fingerprint density at radius 2 is 1.50 bits per heavy atom. The molecule has 1 aliphatic rings. The minimum atomic E-state index is -4.03. The number of amides is 1. The Hall–Kier alpha value is -4.38. The maximum absolute atomic E-state index is 13.6. The molecular weight excluding hydrogens is 534 g/mol. The van der Waals surface area contributed by atoms with Gasteiger partial charge in [0.1, 0.15) is 10.6 Å². The smallest absolute Gasteiger partial charge is 0.264 e. The van der Waals surface area contributed by atoms with Gasteiger partial charge in [0.25, 0.3) is 10.0 Å². The Balaban J connectivity index is 1.61. The Kier molecular flexibility index (Phi) is 9.05. The average Bonchev–Trinajstić information content (AvgIpc) is 3.50. The third-order valence-electron chi connectivity index (χ3n) is 6.43. The number of carbonyl (C=O) groups is 1. The van der Waals surface area contributed by atoms with E-state index in [4.69, 9.17) is 18.9 Å². The van der Waals surface area contributed by atoms with Crippen LogP contribution in [0.4, 0.5) is 17.1 Å².